The monoisotopic (exact) mass is 258 g/mol. The van der Waals surface area contributed by atoms with Crippen LogP contribution in [0, 0.1) is 24.2 Å². The molecule has 0 aromatic heterocycles. The number of hydrogen-bond donors (Lipinski definition) is 1. The summed E-state index contributed by atoms with van der Waals surface area (Å²) in [5, 5.41) is 12.3. The zero-order valence-electron chi connectivity index (χ0n) is 12.9. The van der Waals surface area contributed by atoms with Crippen LogP contribution in [0.3, 0.4) is 0 Å². The van der Waals surface area contributed by atoms with Crippen molar-refractivity contribution in [1.29, 1.82) is 5.26 Å². The summed E-state index contributed by atoms with van der Waals surface area (Å²) in [5.74, 6) is 0.117. The van der Waals surface area contributed by atoms with E-state index in [9.17, 15) is 0 Å². The van der Waals surface area contributed by atoms with Crippen molar-refractivity contribution in [1.82, 2.24) is 5.32 Å². The van der Waals surface area contributed by atoms with Gasteiger partial charge in [0.2, 0.25) is 0 Å². The number of nitriles is 1. The van der Waals surface area contributed by atoms with Gasteiger partial charge < -0.3 is 5.32 Å². The summed E-state index contributed by atoms with van der Waals surface area (Å²) >= 11 is 0. The van der Waals surface area contributed by atoms with Crippen molar-refractivity contribution in [3.8, 4) is 6.07 Å². The van der Waals surface area contributed by atoms with Crippen LogP contribution in [0.4, 0.5) is 0 Å². The second kappa shape index (κ2) is 6.73. The molecule has 1 rings (SSSR count). The summed E-state index contributed by atoms with van der Waals surface area (Å²) in [6, 6.07) is 9.02. The summed E-state index contributed by atoms with van der Waals surface area (Å²) in [6.07, 6.45) is 0.907. The maximum absolute atomic E-state index is 8.94. The van der Waals surface area contributed by atoms with Gasteiger partial charge in [0.15, 0.2) is 0 Å². The van der Waals surface area contributed by atoms with Gasteiger partial charge in [0.25, 0.3) is 0 Å². The van der Waals surface area contributed by atoms with Gasteiger partial charge in [0, 0.05) is 13.1 Å². The van der Waals surface area contributed by atoms with Crippen LogP contribution in [-0.2, 0) is 12.0 Å². The third kappa shape index (κ3) is 4.69. The highest BCUT2D eigenvalue weighted by atomic mass is 14.9. The third-order valence-corrected chi connectivity index (χ3v) is 3.60. The Morgan fingerprint density at radius 2 is 2.00 bits per heavy atom. The van der Waals surface area contributed by atoms with E-state index in [1.165, 1.54) is 16.7 Å². The Hall–Kier alpha value is -1.33. The molecule has 2 nitrogen and oxygen atoms in total. The molecule has 0 bridgehead atoms. The van der Waals surface area contributed by atoms with Gasteiger partial charge >= 0.3 is 0 Å². The number of nitrogens with one attached hydrogen (secondary N) is 1. The Morgan fingerprint density at radius 3 is 2.53 bits per heavy atom. The standard InChI is InChI=1S/C17H26N2/c1-6-14(10-18)11-19-12-15-9-16(17(3,4)5)8-7-13(15)2/h7-9,14,19H,6,11-12H2,1-5H3. The van der Waals surface area contributed by atoms with Crippen LogP contribution in [0.1, 0.15) is 50.8 Å². The van der Waals surface area contributed by atoms with Gasteiger partial charge in [-0.2, -0.15) is 5.26 Å². The molecule has 1 unspecified atom stereocenters. The van der Waals surface area contributed by atoms with Gasteiger partial charge in [0.05, 0.1) is 12.0 Å². The van der Waals surface area contributed by atoms with Crippen molar-refractivity contribution in [2.45, 2.75) is 53.0 Å². The first-order valence-corrected chi connectivity index (χ1v) is 7.08. The first-order valence-electron chi connectivity index (χ1n) is 7.08. The quantitative estimate of drug-likeness (QED) is 0.868. The summed E-state index contributed by atoms with van der Waals surface area (Å²) < 4.78 is 0. The topological polar surface area (TPSA) is 35.8 Å². The summed E-state index contributed by atoms with van der Waals surface area (Å²) in [6.45, 7) is 12.5. The lowest BCUT2D eigenvalue weighted by Crippen LogP contribution is -2.22. The molecule has 0 aliphatic heterocycles. The molecule has 0 saturated carbocycles. The molecule has 0 spiro atoms. The third-order valence-electron chi connectivity index (χ3n) is 3.60. The van der Waals surface area contributed by atoms with Crippen molar-refractivity contribution in [3.05, 3.63) is 34.9 Å². The normalized spacial score (nSPS) is 13.1. The van der Waals surface area contributed by atoms with E-state index < -0.39 is 0 Å². The van der Waals surface area contributed by atoms with E-state index in [1.807, 2.05) is 0 Å². The lowest BCUT2D eigenvalue weighted by molar-refractivity contribution is 0.550. The van der Waals surface area contributed by atoms with Crippen LogP contribution in [0.2, 0.25) is 0 Å². The molecule has 104 valence electrons. The molecule has 0 radical (unpaired) electrons. The average Bonchev–Trinajstić information content (AvgIpc) is 2.35. The number of aryl methyl sites for hydroxylation is 1. The van der Waals surface area contributed by atoms with Crippen LogP contribution in [0.25, 0.3) is 0 Å². The summed E-state index contributed by atoms with van der Waals surface area (Å²) in [4.78, 5) is 0. The molecule has 19 heavy (non-hydrogen) atoms. The predicted octanol–water partition coefficient (Wildman–Crippen LogP) is 3.93. The van der Waals surface area contributed by atoms with E-state index >= 15 is 0 Å². The largest absolute Gasteiger partial charge is 0.311 e. The van der Waals surface area contributed by atoms with Crippen LogP contribution in [-0.4, -0.2) is 6.54 Å². The maximum atomic E-state index is 8.94. The lowest BCUT2D eigenvalue weighted by Gasteiger charge is -2.21. The molecular formula is C17H26N2. The van der Waals surface area contributed by atoms with E-state index in [0.29, 0.717) is 0 Å². The molecule has 0 saturated heterocycles. The van der Waals surface area contributed by atoms with E-state index in [0.717, 1.165) is 19.5 Å². The molecule has 1 aromatic rings. The van der Waals surface area contributed by atoms with Gasteiger partial charge in [-0.15, -0.1) is 0 Å². The maximum Gasteiger partial charge on any atom is 0.0669 e. The molecule has 0 aliphatic rings. The Balaban J connectivity index is 2.71. The molecule has 2 heteroatoms. The number of benzene rings is 1. The number of nitrogens with zero attached hydrogens (tertiary/aromatic N) is 1. The summed E-state index contributed by atoms with van der Waals surface area (Å²) in [7, 11) is 0. The highest BCUT2D eigenvalue weighted by molar-refractivity contribution is 5.34. The second-order valence-electron chi connectivity index (χ2n) is 6.26. The number of rotatable bonds is 5. The minimum absolute atomic E-state index is 0.117. The van der Waals surface area contributed by atoms with Crippen molar-refractivity contribution >= 4 is 0 Å². The van der Waals surface area contributed by atoms with Gasteiger partial charge in [-0.1, -0.05) is 45.9 Å². The second-order valence-corrected chi connectivity index (χ2v) is 6.26. The minimum atomic E-state index is 0.117. The SMILES string of the molecule is CCC(C#N)CNCc1cc(C(C)(C)C)ccc1C. The molecule has 1 N–H and O–H groups in total. The Labute approximate surface area is 117 Å². The Kier molecular flexibility index (Phi) is 5.57. The van der Waals surface area contributed by atoms with Gasteiger partial charge in [-0.25, -0.2) is 0 Å². The van der Waals surface area contributed by atoms with Crippen molar-refractivity contribution in [3.63, 3.8) is 0 Å². The molecule has 1 atom stereocenters. The van der Waals surface area contributed by atoms with Crippen molar-refractivity contribution in [2.75, 3.05) is 6.54 Å². The number of hydrogen-bond acceptors (Lipinski definition) is 2. The lowest BCUT2D eigenvalue weighted by atomic mass is 9.85. The van der Waals surface area contributed by atoms with E-state index in [2.05, 4.69) is 64.2 Å². The van der Waals surface area contributed by atoms with Gasteiger partial charge in [-0.05, 0) is 35.4 Å². The zero-order chi connectivity index (χ0) is 14.5. The fourth-order valence-electron chi connectivity index (χ4n) is 1.99. The highest BCUT2D eigenvalue weighted by Gasteiger charge is 2.14. The first kappa shape index (κ1) is 15.7. The fourth-order valence-corrected chi connectivity index (χ4v) is 1.99. The Bertz CT molecular complexity index is 449. The fraction of sp³-hybridized carbons (Fsp3) is 0.588. The van der Waals surface area contributed by atoms with E-state index in [4.69, 9.17) is 5.26 Å². The molecular weight excluding hydrogens is 232 g/mol. The average molecular weight is 258 g/mol. The van der Waals surface area contributed by atoms with Crippen LogP contribution in [0.5, 0.6) is 0 Å². The van der Waals surface area contributed by atoms with Crippen LogP contribution < -0.4 is 5.32 Å². The molecule has 1 aromatic carbocycles. The summed E-state index contributed by atoms with van der Waals surface area (Å²) in [5.41, 5.74) is 4.19. The van der Waals surface area contributed by atoms with Gasteiger partial charge in [0.1, 0.15) is 0 Å². The van der Waals surface area contributed by atoms with Crippen LogP contribution in [0.15, 0.2) is 18.2 Å². The van der Waals surface area contributed by atoms with E-state index in [1.54, 1.807) is 0 Å². The van der Waals surface area contributed by atoms with Crippen LogP contribution >= 0.6 is 0 Å². The minimum Gasteiger partial charge on any atom is -0.311 e. The van der Waals surface area contributed by atoms with Crippen molar-refractivity contribution in [2.24, 2.45) is 5.92 Å². The zero-order valence-corrected chi connectivity index (χ0v) is 12.9. The smallest absolute Gasteiger partial charge is 0.0669 e. The molecule has 0 fully saturated rings. The van der Waals surface area contributed by atoms with Gasteiger partial charge in [-0.3, -0.25) is 0 Å². The molecule has 0 heterocycles. The predicted molar refractivity (Wildman–Crippen MR) is 81.0 cm³/mol. The Morgan fingerprint density at radius 1 is 1.32 bits per heavy atom. The molecule has 0 amide bonds. The first-order chi connectivity index (χ1) is 8.88. The molecule has 0 aliphatic carbocycles. The van der Waals surface area contributed by atoms with E-state index in [-0.39, 0.29) is 11.3 Å². The highest BCUT2D eigenvalue weighted by Crippen LogP contribution is 2.24. The van der Waals surface area contributed by atoms with Crippen molar-refractivity contribution < 1.29 is 0 Å².